The van der Waals surface area contributed by atoms with Crippen LogP contribution in [-0.2, 0) is 4.79 Å². The van der Waals surface area contributed by atoms with Crippen molar-refractivity contribution < 1.29 is 23.7 Å². The molecule has 0 unspecified atom stereocenters. The highest BCUT2D eigenvalue weighted by molar-refractivity contribution is 8.26. The Bertz CT molecular complexity index is 1030. The second-order valence-electron chi connectivity index (χ2n) is 6.71. The Morgan fingerprint density at radius 1 is 1.09 bits per heavy atom. The number of thiocarbonyl (C=S) groups is 1. The average Bonchev–Trinajstić information content (AvgIpc) is 3.02. The lowest BCUT2D eigenvalue weighted by Crippen LogP contribution is -2.22. The van der Waals surface area contributed by atoms with Gasteiger partial charge >= 0.3 is 0 Å². The molecular weight excluding hydrogens is 470 g/mol. The first-order chi connectivity index (χ1) is 15.4. The number of para-hydroxylation sites is 2. The Morgan fingerprint density at radius 3 is 2.47 bits per heavy atom. The zero-order chi connectivity index (χ0) is 23.1. The van der Waals surface area contributed by atoms with Crippen LogP contribution in [0.25, 0.3) is 6.08 Å². The van der Waals surface area contributed by atoms with Gasteiger partial charge in [-0.1, -0.05) is 47.7 Å². The van der Waals surface area contributed by atoms with Crippen molar-refractivity contribution in [2.75, 3.05) is 34.0 Å². The minimum atomic E-state index is -0.135. The Kier molecular flexibility index (Phi) is 8.67. The lowest BCUT2D eigenvalue weighted by Gasteiger charge is -2.15. The first-order valence-electron chi connectivity index (χ1n) is 10.0. The minimum Gasteiger partial charge on any atom is -0.493 e. The van der Waals surface area contributed by atoms with Crippen molar-refractivity contribution >= 4 is 51.9 Å². The number of hydrogen-bond acceptors (Lipinski definition) is 7. The number of halogens is 1. The molecule has 0 bridgehead atoms. The Labute approximate surface area is 202 Å². The fourth-order valence-electron chi connectivity index (χ4n) is 2.92. The van der Waals surface area contributed by atoms with Gasteiger partial charge in [-0.05, 0) is 42.8 Å². The van der Waals surface area contributed by atoms with Crippen molar-refractivity contribution in [1.29, 1.82) is 0 Å². The van der Waals surface area contributed by atoms with Gasteiger partial charge in [0.15, 0.2) is 23.0 Å². The van der Waals surface area contributed by atoms with Gasteiger partial charge < -0.3 is 18.9 Å². The van der Waals surface area contributed by atoms with E-state index in [2.05, 4.69) is 0 Å². The highest BCUT2D eigenvalue weighted by Gasteiger charge is 2.28. The molecule has 0 aromatic heterocycles. The van der Waals surface area contributed by atoms with Gasteiger partial charge in [-0.3, -0.25) is 9.69 Å². The molecule has 0 N–H and O–H groups in total. The quantitative estimate of drug-likeness (QED) is 0.248. The molecule has 0 atom stereocenters. The van der Waals surface area contributed by atoms with Crippen LogP contribution in [0.4, 0.5) is 0 Å². The molecule has 3 rings (SSSR count). The summed E-state index contributed by atoms with van der Waals surface area (Å²) in [5.74, 6) is 2.22. The zero-order valence-corrected chi connectivity index (χ0v) is 20.4. The molecule has 0 saturated carbocycles. The second kappa shape index (κ2) is 11.4. The van der Waals surface area contributed by atoms with Crippen molar-refractivity contribution in [2.24, 2.45) is 0 Å². The third kappa shape index (κ3) is 5.88. The maximum absolute atomic E-state index is 12.3. The number of hydrogen-bond donors (Lipinski definition) is 0. The summed E-state index contributed by atoms with van der Waals surface area (Å²) in [5.41, 5.74) is 0.735. The molecule has 1 heterocycles. The molecule has 0 spiro atoms. The van der Waals surface area contributed by atoms with Crippen molar-refractivity contribution in [3.8, 4) is 23.0 Å². The molecule has 2 aromatic rings. The number of nitrogens with zero attached hydrogens (tertiary/aromatic N) is 1. The van der Waals surface area contributed by atoms with Gasteiger partial charge in [-0.25, -0.2) is 0 Å². The minimum absolute atomic E-state index is 0.135. The van der Waals surface area contributed by atoms with Crippen molar-refractivity contribution in [1.82, 2.24) is 4.90 Å². The van der Waals surface area contributed by atoms with Gasteiger partial charge in [-0.2, -0.15) is 0 Å². The number of amides is 1. The van der Waals surface area contributed by atoms with Gasteiger partial charge in [0.1, 0.15) is 4.32 Å². The normalized spacial score (nSPS) is 14.8. The van der Waals surface area contributed by atoms with E-state index in [1.165, 1.54) is 16.7 Å². The smallest absolute Gasteiger partial charge is 0.265 e. The van der Waals surface area contributed by atoms with Crippen LogP contribution in [0.5, 0.6) is 23.0 Å². The van der Waals surface area contributed by atoms with Crippen LogP contribution in [0.3, 0.4) is 0 Å². The van der Waals surface area contributed by atoms with Crippen LogP contribution in [0, 0.1) is 0 Å². The number of rotatable bonds is 10. The molecule has 1 amide bonds. The van der Waals surface area contributed by atoms with Crippen LogP contribution in [0.15, 0.2) is 41.3 Å². The summed E-state index contributed by atoms with van der Waals surface area (Å²) in [6, 6.07) is 11.0. The number of methoxy groups -OCH3 is 1. The highest BCUT2D eigenvalue weighted by Crippen LogP contribution is 2.39. The first-order valence-corrected chi connectivity index (χ1v) is 11.6. The summed E-state index contributed by atoms with van der Waals surface area (Å²) in [6.07, 6.45) is 2.39. The van der Waals surface area contributed by atoms with E-state index in [9.17, 15) is 4.79 Å². The highest BCUT2D eigenvalue weighted by atomic mass is 35.5. The molecule has 170 valence electrons. The third-order valence-corrected chi connectivity index (χ3v) is 6.24. The first kappa shape index (κ1) is 24.2. The van der Waals surface area contributed by atoms with E-state index < -0.39 is 0 Å². The fraction of sp³-hybridized carbons (Fsp3) is 0.304. The molecule has 1 fully saturated rings. The Morgan fingerprint density at radius 2 is 1.81 bits per heavy atom. The number of likely N-dealkylation sites (N-methyl/N-ethyl adjacent to an activating group) is 1. The number of ether oxygens (including phenoxy) is 4. The van der Waals surface area contributed by atoms with Crippen LogP contribution < -0.4 is 18.9 Å². The van der Waals surface area contributed by atoms with E-state index in [4.69, 9.17) is 42.8 Å². The van der Waals surface area contributed by atoms with Crippen LogP contribution in [0.2, 0.25) is 5.02 Å². The Hall–Kier alpha value is -2.42. The molecule has 1 aliphatic rings. The summed E-state index contributed by atoms with van der Waals surface area (Å²) in [5, 5.41) is 0.403. The monoisotopic (exact) mass is 493 g/mol. The maximum atomic E-state index is 12.3. The van der Waals surface area contributed by atoms with E-state index in [1.54, 1.807) is 32.4 Å². The number of thioether (sulfide) groups is 1. The lowest BCUT2D eigenvalue weighted by molar-refractivity contribution is -0.121. The molecule has 32 heavy (non-hydrogen) atoms. The van der Waals surface area contributed by atoms with E-state index in [0.29, 0.717) is 63.5 Å². The molecule has 9 heteroatoms. The summed E-state index contributed by atoms with van der Waals surface area (Å²) < 4.78 is 23.2. The van der Waals surface area contributed by atoms with Crippen LogP contribution in [0.1, 0.15) is 18.9 Å². The molecule has 0 radical (unpaired) electrons. The second-order valence-corrected chi connectivity index (χ2v) is 8.79. The predicted molar refractivity (Wildman–Crippen MR) is 132 cm³/mol. The topological polar surface area (TPSA) is 57.2 Å². The van der Waals surface area contributed by atoms with Crippen molar-refractivity contribution in [2.45, 2.75) is 13.3 Å². The molecule has 6 nitrogen and oxygen atoms in total. The van der Waals surface area contributed by atoms with E-state index in [1.807, 2.05) is 31.2 Å². The van der Waals surface area contributed by atoms with Gasteiger partial charge in [0.2, 0.25) is 0 Å². The molecule has 1 aliphatic heterocycles. The third-order valence-electron chi connectivity index (χ3n) is 4.48. The molecule has 1 saturated heterocycles. The standard InChI is InChI=1S/C23H24ClNO5S2/c1-4-28-19-13-15(14-20-22(26)25(2)23(31)32-20)12-16(24)21(19)30-11-7-10-29-18-9-6-5-8-17(18)27-3/h5-6,8-9,12-14H,4,7,10-11H2,1-3H3. The number of carbonyl (C=O) groups excluding carboxylic acids is 1. The number of benzene rings is 2. The SMILES string of the molecule is CCOc1cc(C=C2SC(=S)N(C)C2=O)cc(Cl)c1OCCCOc1ccccc1OC. The van der Waals surface area contributed by atoms with Crippen molar-refractivity contribution in [3.63, 3.8) is 0 Å². The van der Waals surface area contributed by atoms with Gasteiger partial charge in [0.05, 0.1) is 36.9 Å². The molecular formula is C23H24ClNO5S2. The average molecular weight is 494 g/mol. The van der Waals surface area contributed by atoms with E-state index in [-0.39, 0.29) is 5.91 Å². The van der Waals surface area contributed by atoms with E-state index >= 15 is 0 Å². The van der Waals surface area contributed by atoms with Gasteiger partial charge in [0, 0.05) is 13.5 Å². The van der Waals surface area contributed by atoms with Crippen LogP contribution >= 0.6 is 35.6 Å². The van der Waals surface area contributed by atoms with Gasteiger partial charge in [-0.15, -0.1) is 0 Å². The largest absolute Gasteiger partial charge is 0.493 e. The van der Waals surface area contributed by atoms with Gasteiger partial charge in [0.25, 0.3) is 5.91 Å². The molecule has 2 aromatic carbocycles. The summed E-state index contributed by atoms with van der Waals surface area (Å²) in [6.45, 7) is 3.18. The maximum Gasteiger partial charge on any atom is 0.265 e. The summed E-state index contributed by atoms with van der Waals surface area (Å²) in [7, 11) is 3.27. The predicted octanol–water partition coefficient (Wildman–Crippen LogP) is 5.43. The fourth-order valence-corrected chi connectivity index (χ4v) is 4.38. The van der Waals surface area contributed by atoms with E-state index in [0.717, 1.165) is 5.56 Å². The Balaban J connectivity index is 1.65. The van der Waals surface area contributed by atoms with Crippen molar-refractivity contribution in [3.05, 3.63) is 51.9 Å². The summed E-state index contributed by atoms with van der Waals surface area (Å²) >= 11 is 12.9. The lowest BCUT2D eigenvalue weighted by atomic mass is 10.1. The number of carbonyl (C=O) groups is 1. The van der Waals surface area contributed by atoms with Crippen LogP contribution in [-0.4, -0.2) is 49.1 Å². The molecule has 0 aliphatic carbocycles. The zero-order valence-electron chi connectivity index (χ0n) is 18.1. The summed E-state index contributed by atoms with van der Waals surface area (Å²) in [4.78, 5) is 14.3.